The number of aromatic carboxylic acids is 1. The molecule has 0 radical (unpaired) electrons. The summed E-state index contributed by atoms with van der Waals surface area (Å²) in [6.07, 6.45) is 1.30. The van der Waals surface area contributed by atoms with Crippen LogP contribution in [0.15, 0.2) is 18.3 Å². The highest BCUT2D eigenvalue weighted by atomic mass is 32.2. The van der Waals surface area contributed by atoms with E-state index in [0.29, 0.717) is 5.56 Å². The molecule has 0 aliphatic rings. The fraction of sp³-hybridized carbons (Fsp3) is 0.333. The predicted octanol–water partition coefficient (Wildman–Crippen LogP) is 0.715. The summed E-state index contributed by atoms with van der Waals surface area (Å²) in [6, 6.07) is 2.77. The van der Waals surface area contributed by atoms with Crippen LogP contribution in [-0.2, 0) is 15.6 Å². The van der Waals surface area contributed by atoms with E-state index in [4.69, 9.17) is 5.11 Å². The first kappa shape index (κ1) is 11.6. The van der Waals surface area contributed by atoms with Crippen LogP contribution in [0.2, 0.25) is 0 Å². The molecule has 1 aromatic rings. The Hall–Kier alpha value is -1.43. The van der Waals surface area contributed by atoms with Gasteiger partial charge in [-0.3, -0.25) is 0 Å². The molecular weight excluding hydrogens is 218 g/mol. The highest BCUT2D eigenvalue weighted by molar-refractivity contribution is 7.90. The molecule has 82 valence electrons. The number of carboxylic acids is 1. The second kappa shape index (κ2) is 4.39. The Kier molecular flexibility index (Phi) is 3.41. The average molecular weight is 229 g/mol. The van der Waals surface area contributed by atoms with Gasteiger partial charge in [-0.1, -0.05) is 6.92 Å². The Balaban J connectivity index is 2.97. The van der Waals surface area contributed by atoms with Gasteiger partial charge in [-0.05, 0) is 17.7 Å². The molecule has 0 aromatic carbocycles. The number of pyridine rings is 1. The van der Waals surface area contributed by atoms with Crippen LogP contribution >= 0.6 is 0 Å². The molecule has 1 heterocycles. The zero-order chi connectivity index (χ0) is 11.5. The summed E-state index contributed by atoms with van der Waals surface area (Å²) in [5.74, 6) is -1.27. The Morgan fingerprint density at radius 2 is 2.20 bits per heavy atom. The molecule has 6 heteroatoms. The summed E-state index contributed by atoms with van der Waals surface area (Å²) in [6.45, 7) is 1.55. The van der Waals surface area contributed by atoms with Gasteiger partial charge in [-0.2, -0.15) is 0 Å². The van der Waals surface area contributed by atoms with Crippen molar-refractivity contribution >= 4 is 15.8 Å². The van der Waals surface area contributed by atoms with Gasteiger partial charge in [0.2, 0.25) is 0 Å². The standard InChI is InChI=1S/C9H11NO4S/c1-2-15(13,14)6-7-3-4-10-8(5-7)9(11)12/h3-5H,2,6H2,1H3,(H,11,12). The van der Waals surface area contributed by atoms with E-state index in [2.05, 4.69) is 4.98 Å². The average Bonchev–Trinajstić information content (AvgIpc) is 2.17. The molecule has 0 fully saturated rings. The first-order chi connectivity index (χ1) is 6.94. The van der Waals surface area contributed by atoms with E-state index in [-0.39, 0.29) is 17.2 Å². The van der Waals surface area contributed by atoms with Crippen molar-refractivity contribution in [2.45, 2.75) is 12.7 Å². The number of nitrogens with zero attached hydrogens (tertiary/aromatic N) is 1. The van der Waals surface area contributed by atoms with Crippen LogP contribution in [0.1, 0.15) is 23.0 Å². The number of carboxylic acid groups (broad SMARTS) is 1. The number of rotatable bonds is 4. The van der Waals surface area contributed by atoms with Crippen molar-refractivity contribution in [3.05, 3.63) is 29.6 Å². The summed E-state index contributed by atoms with van der Waals surface area (Å²) in [4.78, 5) is 14.2. The molecule has 0 amide bonds. The maximum absolute atomic E-state index is 11.3. The highest BCUT2D eigenvalue weighted by Crippen LogP contribution is 2.07. The summed E-state index contributed by atoms with van der Waals surface area (Å²) in [5.41, 5.74) is 0.308. The smallest absolute Gasteiger partial charge is 0.354 e. The van der Waals surface area contributed by atoms with Crippen LogP contribution in [0.5, 0.6) is 0 Å². The predicted molar refractivity (Wildman–Crippen MR) is 54.4 cm³/mol. The van der Waals surface area contributed by atoms with Gasteiger partial charge in [-0.25, -0.2) is 18.2 Å². The summed E-state index contributed by atoms with van der Waals surface area (Å²) in [5, 5.41) is 8.65. The normalized spacial score (nSPS) is 11.3. The quantitative estimate of drug-likeness (QED) is 0.822. The van der Waals surface area contributed by atoms with E-state index in [1.807, 2.05) is 0 Å². The molecular formula is C9H11NO4S. The molecule has 1 rings (SSSR count). The van der Waals surface area contributed by atoms with Gasteiger partial charge in [0.05, 0.1) is 5.75 Å². The summed E-state index contributed by atoms with van der Waals surface area (Å²) >= 11 is 0. The molecule has 0 unspecified atom stereocenters. The van der Waals surface area contributed by atoms with Crippen molar-refractivity contribution in [2.24, 2.45) is 0 Å². The van der Waals surface area contributed by atoms with E-state index < -0.39 is 15.8 Å². The monoisotopic (exact) mass is 229 g/mol. The molecule has 5 nitrogen and oxygen atoms in total. The molecule has 1 N–H and O–H groups in total. The lowest BCUT2D eigenvalue weighted by molar-refractivity contribution is 0.0690. The molecule has 0 spiro atoms. The number of sulfone groups is 1. The van der Waals surface area contributed by atoms with Crippen molar-refractivity contribution < 1.29 is 18.3 Å². The van der Waals surface area contributed by atoms with Crippen LogP contribution < -0.4 is 0 Å². The summed E-state index contributed by atoms with van der Waals surface area (Å²) < 4.78 is 22.6. The largest absolute Gasteiger partial charge is 0.477 e. The molecule has 15 heavy (non-hydrogen) atoms. The maximum Gasteiger partial charge on any atom is 0.354 e. The Labute approximate surface area is 87.7 Å². The van der Waals surface area contributed by atoms with Crippen LogP contribution in [-0.4, -0.2) is 30.2 Å². The third kappa shape index (κ3) is 3.32. The lowest BCUT2D eigenvalue weighted by Crippen LogP contribution is -2.08. The number of hydrogen-bond donors (Lipinski definition) is 1. The molecule has 0 aliphatic heterocycles. The van der Waals surface area contributed by atoms with Crippen LogP contribution in [0.3, 0.4) is 0 Å². The lowest BCUT2D eigenvalue weighted by atomic mass is 10.2. The Bertz CT molecular complexity index is 467. The number of carbonyl (C=O) groups is 1. The van der Waals surface area contributed by atoms with Crippen molar-refractivity contribution in [2.75, 3.05) is 5.75 Å². The van der Waals surface area contributed by atoms with Crippen LogP contribution in [0.25, 0.3) is 0 Å². The minimum absolute atomic E-state index is 0.0394. The lowest BCUT2D eigenvalue weighted by Gasteiger charge is -2.01. The summed E-state index contributed by atoms with van der Waals surface area (Å²) in [7, 11) is -3.14. The van der Waals surface area contributed by atoms with E-state index in [1.165, 1.54) is 18.3 Å². The van der Waals surface area contributed by atoms with Crippen LogP contribution in [0.4, 0.5) is 0 Å². The molecule has 0 aliphatic carbocycles. The van der Waals surface area contributed by atoms with Crippen molar-refractivity contribution in [1.29, 1.82) is 0 Å². The second-order valence-electron chi connectivity index (χ2n) is 3.03. The van der Waals surface area contributed by atoms with E-state index >= 15 is 0 Å². The Morgan fingerprint density at radius 3 is 2.73 bits per heavy atom. The number of hydrogen-bond acceptors (Lipinski definition) is 4. The SMILES string of the molecule is CCS(=O)(=O)Cc1ccnc(C(=O)O)c1. The van der Waals surface area contributed by atoms with E-state index in [9.17, 15) is 13.2 Å². The molecule has 0 saturated carbocycles. The van der Waals surface area contributed by atoms with Gasteiger partial charge in [0.25, 0.3) is 0 Å². The van der Waals surface area contributed by atoms with Gasteiger partial charge in [0.15, 0.2) is 9.84 Å². The van der Waals surface area contributed by atoms with Gasteiger partial charge < -0.3 is 5.11 Å². The molecule has 1 aromatic heterocycles. The van der Waals surface area contributed by atoms with Crippen LogP contribution in [0, 0.1) is 0 Å². The highest BCUT2D eigenvalue weighted by Gasteiger charge is 2.11. The zero-order valence-electron chi connectivity index (χ0n) is 8.17. The second-order valence-corrected chi connectivity index (χ2v) is 5.38. The third-order valence-electron chi connectivity index (χ3n) is 1.87. The minimum Gasteiger partial charge on any atom is -0.477 e. The fourth-order valence-electron chi connectivity index (χ4n) is 1.04. The number of aromatic nitrogens is 1. The Morgan fingerprint density at radius 1 is 1.53 bits per heavy atom. The minimum atomic E-state index is -3.14. The van der Waals surface area contributed by atoms with Gasteiger partial charge in [0.1, 0.15) is 5.69 Å². The third-order valence-corrected chi connectivity index (χ3v) is 3.52. The van der Waals surface area contributed by atoms with Gasteiger partial charge >= 0.3 is 5.97 Å². The fourth-order valence-corrected chi connectivity index (χ4v) is 1.93. The topological polar surface area (TPSA) is 84.3 Å². The van der Waals surface area contributed by atoms with Gasteiger partial charge in [0, 0.05) is 11.9 Å². The zero-order valence-corrected chi connectivity index (χ0v) is 8.99. The maximum atomic E-state index is 11.3. The first-order valence-corrected chi connectivity index (χ1v) is 6.15. The molecule has 0 bridgehead atoms. The molecule has 0 atom stereocenters. The van der Waals surface area contributed by atoms with E-state index in [1.54, 1.807) is 6.92 Å². The van der Waals surface area contributed by atoms with Crippen molar-refractivity contribution in [3.8, 4) is 0 Å². The van der Waals surface area contributed by atoms with Crippen molar-refractivity contribution in [3.63, 3.8) is 0 Å². The van der Waals surface area contributed by atoms with Crippen molar-refractivity contribution in [1.82, 2.24) is 4.98 Å². The first-order valence-electron chi connectivity index (χ1n) is 4.33. The van der Waals surface area contributed by atoms with Gasteiger partial charge in [-0.15, -0.1) is 0 Å². The van der Waals surface area contributed by atoms with E-state index in [0.717, 1.165) is 0 Å². The molecule has 0 saturated heterocycles.